The van der Waals surface area contributed by atoms with Gasteiger partial charge in [0.2, 0.25) is 5.91 Å². The van der Waals surface area contributed by atoms with Crippen LogP contribution in [0.3, 0.4) is 0 Å². The third-order valence-electron chi connectivity index (χ3n) is 7.30. The number of carboxylic acid groups (broad SMARTS) is 1. The quantitative estimate of drug-likeness (QED) is 0.118. The fraction of sp³-hybridized carbons (Fsp3) is 0.576. The van der Waals surface area contributed by atoms with Crippen LogP contribution in [-0.2, 0) is 40.1 Å². The van der Waals surface area contributed by atoms with E-state index < -0.39 is 17.4 Å². The zero-order chi connectivity index (χ0) is 32.9. The molecule has 0 radical (unpaired) electrons. The van der Waals surface area contributed by atoms with Crippen LogP contribution < -0.4 is 10.6 Å². The molecule has 1 aromatic rings. The Bertz CT molecular complexity index is 1180. The molecule has 44 heavy (non-hydrogen) atoms. The lowest BCUT2D eigenvalue weighted by molar-refractivity contribution is -0.154. The summed E-state index contributed by atoms with van der Waals surface area (Å²) < 4.78 is 5.35. The lowest BCUT2D eigenvalue weighted by Gasteiger charge is -2.24. The summed E-state index contributed by atoms with van der Waals surface area (Å²) in [4.78, 5) is 73.7. The number of Topliss-reactive ketones (excluding diaryl/α,β-unsaturated/α-hetero) is 1. The SMILES string of the molecule is CC(C)[C@H](NC(=O)CCCCCN1C(=O)C=CC1=O)C(=O)C[C@@H](CCC(=O)O)CNc1ccc(COC(=O)C(C)(C)C)cc1. The van der Waals surface area contributed by atoms with Crippen LogP contribution in [0.2, 0.25) is 0 Å². The van der Waals surface area contributed by atoms with Crippen molar-refractivity contribution in [3.63, 3.8) is 0 Å². The summed E-state index contributed by atoms with van der Waals surface area (Å²) in [6, 6.07) is 6.65. The molecule has 11 heteroatoms. The maximum Gasteiger partial charge on any atom is 0.311 e. The molecule has 242 valence electrons. The first kappa shape index (κ1) is 36.2. The molecule has 2 atom stereocenters. The van der Waals surface area contributed by atoms with Crippen LogP contribution in [0, 0.1) is 17.3 Å². The van der Waals surface area contributed by atoms with Crippen molar-refractivity contribution < 1.29 is 38.6 Å². The Balaban J connectivity index is 1.86. The van der Waals surface area contributed by atoms with Gasteiger partial charge in [0.15, 0.2) is 5.78 Å². The Kier molecular flexibility index (Phi) is 14.2. The van der Waals surface area contributed by atoms with E-state index in [1.54, 1.807) is 20.8 Å². The lowest BCUT2D eigenvalue weighted by atomic mass is 9.89. The summed E-state index contributed by atoms with van der Waals surface area (Å²) in [5.41, 5.74) is 1.03. The molecule has 1 aliphatic heterocycles. The minimum Gasteiger partial charge on any atom is -0.481 e. The monoisotopic (exact) mass is 613 g/mol. The van der Waals surface area contributed by atoms with Gasteiger partial charge in [-0.3, -0.25) is 33.7 Å². The molecular formula is C33H47N3O8. The third kappa shape index (κ3) is 12.7. The van der Waals surface area contributed by atoms with E-state index in [0.29, 0.717) is 38.8 Å². The molecule has 3 amide bonds. The smallest absolute Gasteiger partial charge is 0.311 e. The van der Waals surface area contributed by atoms with E-state index in [2.05, 4.69) is 10.6 Å². The molecule has 0 unspecified atom stereocenters. The predicted octanol–water partition coefficient (Wildman–Crippen LogP) is 4.25. The van der Waals surface area contributed by atoms with Gasteiger partial charge in [-0.15, -0.1) is 0 Å². The first-order valence-corrected chi connectivity index (χ1v) is 15.2. The summed E-state index contributed by atoms with van der Waals surface area (Å²) in [6.45, 7) is 9.91. The number of rotatable bonds is 19. The molecule has 0 saturated carbocycles. The van der Waals surface area contributed by atoms with E-state index in [9.17, 15) is 33.9 Å². The number of anilines is 1. The van der Waals surface area contributed by atoms with Crippen LogP contribution in [0.5, 0.6) is 0 Å². The number of esters is 1. The molecule has 1 heterocycles. The maximum absolute atomic E-state index is 13.3. The van der Waals surface area contributed by atoms with Crippen LogP contribution in [0.25, 0.3) is 0 Å². The van der Waals surface area contributed by atoms with E-state index in [-0.39, 0.29) is 67.2 Å². The Labute approximate surface area is 259 Å². The fourth-order valence-electron chi connectivity index (χ4n) is 4.61. The standard InChI is InChI=1S/C33H47N3O8/c1-22(2)31(35-27(38)9-7-6-8-18-36-28(39)15-16-29(36)40)26(37)19-24(12-17-30(41)42)20-34-25-13-10-23(11-14-25)21-44-32(43)33(3,4)5/h10-11,13-16,22,24,31,34H,6-9,12,17-21H2,1-5H3,(H,35,38)(H,41,42)/t24-,31+/m1/s1. The highest BCUT2D eigenvalue weighted by Crippen LogP contribution is 2.20. The van der Waals surface area contributed by atoms with Crippen LogP contribution >= 0.6 is 0 Å². The number of hydrogen-bond donors (Lipinski definition) is 3. The van der Waals surface area contributed by atoms with Gasteiger partial charge in [0, 0.05) is 50.2 Å². The van der Waals surface area contributed by atoms with E-state index in [1.807, 2.05) is 38.1 Å². The minimum absolute atomic E-state index is 0.0822. The van der Waals surface area contributed by atoms with Gasteiger partial charge < -0.3 is 20.5 Å². The molecule has 3 N–H and O–H groups in total. The molecule has 1 aliphatic rings. The molecule has 0 aliphatic carbocycles. The first-order valence-electron chi connectivity index (χ1n) is 15.2. The largest absolute Gasteiger partial charge is 0.481 e. The molecule has 0 aromatic heterocycles. The third-order valence-corrected chi connectivity index (χ3v) is 7.30. The van der Waals surface area contributed by atoms with Gasteiger partial charge in [0.1, 0.15) is 6.61 Å². The highest BCUT2D eigenvalue weighted by atomic mass is 16.5. The average Bonchev–Trinajstić information content (AvgIpc) is 3.27. The van der Waals surface area contributed by atoms with Gasteiger partial charge in [-0.1, -0.05) is 32.4 Å². The average molecular weight is 614 g/mol. The molecule has 2 rings (SSSR count). The lowest BCUT2D eigenvalue weighted by Crippen LogP contribution is -2.45. The highest BCUT2D eigenvalue weighted by Gasteiger charge is 2.27. The number of nitrogens with one attached hydrogen (secondary N) is 2. The molecule has 1 aromatic carbocycles. The normalized spacial score (nSPS) is 14.5. The van der Waals surface area contributed by atoms with Crippen LogP contribution in [0.15, 0.2) is 36.4 Å². The summed E-state index contributed by atoms with van der Waals surface area (Å²) in [5.74, 6) is -2.70. The number of hydrogen-bond acceptors (Lipinski definition) is 8. The molecule has 0 saturated heterocycles. The first-order chi connectivity index (χ1) is 20.7. The van der Waals surface area contributed by atoms with Gasteiger partial charge >= 0.3 is 11.9 Å². The van der Waals surface area contributed by atoms with Crippen molar-refractivity contribution in [3.8, 4) is 0 Å². The number of imide groups is 1. The molecule has 0 fully saturated rings. The Morgan fingerprint density at radius 3 is 2.14 bits per heavy atom. The number of carbonyl (C=O) groups excluding carboxylic acids is 5. The minimum atomic E-state index is -0.944. The van der Waals surface area contributed by atoms with Gasteiger partial charge in [-0.2, -0.15) is 0 Å². The molecular weight excluding hydrogens is 566 g/mol. The van der Waals surface area contributed by atoms with Crippen LogP contribution in [-0.4, -0.2) is 64.6 Å². The van der Waals surface area contributed by atoms with E-state index in [0.717, 1.165) is 11.3 Å². The number of aliphatic carboxylic acids is 1. The van der Waals surface area contributed by atoms with Gasteiger partial charge in [0.25, 0.3) is 11.8 Å². The fourth-order valence-corrected chi connectivity index (χ4v) is 4.61. The van der Waals surface area contributed by atoms with Gasteiger partial charge in [-0.05, 0) is 69.6 Å². The second-order valence-corrected chi connectivity index (χ2v) is 12.6. The van der Waals surface area contributed by atoms with Gasteiger partial charge in [-0.25, -0.2) is 0 Å². The Hall–Kier alpha value is -4.02. The summed E-state index contributed by atoms with van der Waals surface area (Å²) in [7, 11) is 0. The number of unbranched alkanes of at least 4 members (excludes halogenated alkanes) is 2. The van der Waals surface area contributed by atoms with Crippen molar-refractivity contribution in [1.82, 2.24) is 10.2 Å². The molecule has 0 bridgehead atoms. The summed E-state index contributed by atoms with van der Waals surface area (Å²) in [6.07, 6.45) is 4.82. The van der Waals surface area contributed by atoms with Crippen molar-refractivity contribution in [1.29, 1.82) is 0 Å². The maximum atomic E-state index is 13.3. The molecule has 0 spiro atoms. The Morgan fingerprint density at radius 2 is 1.57 bits per heavy atom. The summed E-state index contributed by atoms with van der Waals surface area (Å²) in [5, 5.41) is 15.4. The van der Waals surface area contributed by atoms with Gasteiger partial charge in [0.05, 0.1) is 11.5 Å². The summed E-state index contributed by atoms with van der Waals surface area (Å²) >= 11 is 0. The zero-order valence-electron chi connectivity index (χ0n) is 26.5. The number of carboxylic acids is 1. The van der Waals surface area contributed by atoms with E-state index in [1.165, 1.54) is 17.1 Å². The Morgan fingerprint density at radius 1 is 0.932 bits per heavy atom. The number of ketones is 1. The van der Waals surface area contributed by atoms with Crippen molar-refractivity contribution >= 4 is 41.1 Å². The van der Waals surface area contributed by atoms with Crippen molar-refractivity contribution in [3.05, 3.63) is 42.0 Å². The number of benzene rings is 1. The van der Waals surface area contributed by atoms with Crippen LogP contribution in [0.1, 0.15) is 85.1 Å². The van der Waals surface area contributed by atoms with Crippen molar-refractivity contribution in [2.24, 2.45) is 17.3 Å². The van der Waals surface area contributed by atoms with Crippen molar-refractivity contribution in [2.45, 2.75) is 92.2 Å². The second-order valence-electron chi connectivity index (χ2n) is 12.6. The zero-order valence-corrected chi connectivity index (χ0v) is 26.5. The molecule has 11 nitrogen and oxygen atoms in total. The predicted molar refractivity (Wildman–Crippen MR) is 165 cm³/mol. The topological polar surface area (TPSA) is 159 Å². The number of carbonyl (C=O) groups is 6. The van der Waals surface area contributed by atoms with E-state index >= 15 is 0 Å². The second kappa shape index (κ2) is 17.3. The number of amides is 3. The highest BCUT2D eigenvalue weighted by molar-refractivity contribution is 6.12. The number of ether oxygens (including phenoxy) is 1. The van der Waals surface area contributed by atoms with Crippen LogP contribution in [0.4, 0.5) is 5.69 Å². The number of nitrogens with zero attached hydrogens (tertiary/aromatic N) is 1. The van der Waals surface area contributed by atoms with E-state index in [4.69, 9.17) is 4.74 Å². The van der Waals surface area contributed by atoms with Crippen molar-refractivity contribution in [2.75, 3.05) is 18.4 Å².